The molecule has 0 aromatic rings. The van der Waals surface area contributed by atoms with Crippen molar-refractivity contribution in [1.82, 2.24) is 15.1 Å². The molecule has 1 aliphatic carbocycles. The Hall–Kier alpha value is -0.530. The van der Waals surface area contributed by atoms with Crippen LogP contribution in [-0.4, -0.2) is 61.4 Å². The molecular formula is C18H33IN4O. The number of amides is 1. The van der Waals surface area contributed by atoms with Gasteiger partial charge in [0.2, 0.25) is 5.91 Å². The minimum absolute atomic E-state index is 0. The number of likely N-dealkylation sites (tertiary alicyclic amines) is 2. The fourth-order valence-electron chi connectivity index (χ4n) is 4.60. The summed E-state index contributed by atoms with van der Waals surface area (Å²) in [7, 11) is 1.91. The maximum Gasteiger partial charge on any atom is 0.219 e. The highest BCUT2D eigenvalue weighted by molar-refractivity contribution is 14.0. The van der Waals surface area contributed by atoms with Crippen LogP contribution in [-0.2, 0) is 4.79 Å². The summed E-state index contributed by atoms with van der Waals surface area (Å²) in [5.41, 5.74) is 0. The van der Waals surface area contributed by atoms with Gasteiger partial charge in [-0.3, -0.25) is 9.79 Å². The van der Waals surface area contributed by atoms with E-state index in [0.717, 1.165) is 50.3 Å². The lowest BCUT2D eigenvalue weighted by Crippen LogP contribution is -2.45. The van der Waals surface area contributed by atoms with E-state index in [4.69, 9.17) is 0 Å². The third-order valence-corrected chi connectivity index (χ3v) is 6.10. The van der Waals surface area contributed by atoms with E-state index in [1.165, 1.54) is 38.8 Å². The second kappa shape index (κ2) is 9.25. The van der Waals surface area contributed by atoms with Crippen molar-refractivity contribution in [3.05, 3.63) is 0 Å². The molecule has 24 heavy (non-hydrogen) atoms. The molecule has 1 saturated carbocycles. The first kappa shape index (κ1) is 19.8. The molecule has 0 aromatic carbocycles. The topological polar surface area (TPSA) is 47.9 Å². The summed E-state index contributed by atoms with van der Waals surface area (Å²) in [4.78, 5) is 20.4. The van der Waals surface area contributed by atoms with Crippen molar-refractivity contribution < 1.29 is 4.79 Å². The lowest BCUT2D eigenvalue weighted by atomic mass is 9.82. The third kappa shape index (κ3) is 4.76. The highest BCUT2D eigenvalue weighted by Gasteiger charge is 2.35. The number of carbonyl (C=O) groups is 1. The van der Waals surface area contributed by atoms with E-state index in [0.29, 0.717) is 5.92 Å². The second-order valence-corrected chi connectivity index (χ2v) is 7.59. The van der Waals surface area contributed by atoms with Gasteiger partial charge in [0, 0.05) is 46.7 Å². The van der Waals surface area contributed by atoms with Crippen molar-refractivity contribution in [3.63, 3.8) is 0 Å². The van der Waals surface area contributed by atoms with Gasteiger partial charge in [0.1, 0.15) is 0 Å². The maximum atomic E-state index is 11.4. The Morgan fingerprint density at radius 3 is 2.12 bits per heavy atom. The summed E-state index contributed by atoms with van der Waals surface area (Å²) in [5, 5.41) is 3.61. The molecule has 3 fully saturated rings. The van der Waals surface area contributed by atoms with E-state index in [-0.39, 0.29) is 29.9 Å². The van der Waals surface area contributed by atoms with Gasteiger partial charge in [-0.05, 0) is 43.4 Å². The van der Waals surface area contributed by atoms with Crippen LogP contribution in [0.25, 0.3) is 0 Å². The van der Waals surface area contributed by atoms with Crippen molar-refractivity contribution in [2.24, 2.45) is 22.7 Å². The van der Waals surface area contributed by atoms with E-state index in [1.807, 2.05) is 11.9 Å². The first-order valence-corrected chi connectivity index (χ1v) is 9.38. The lowest BCUT2D eigenvalue weighted by Gasteiger charge is -2.32. The second-order valence-electron chi connectivity index (χ2n) is 7.59. The lowest BCUT2D eigenvalue weighted by molar-refractivity contribution is -0.130. The van der Waals surface area contributed by atoms with Crippen molar-refractivity contribution in [1.29, 1.82) is 0 Å². The number of guanidine groups is 1. The number of hydrogen-bond donors (Lipinski definition) is 1. The summed E-state index contributed by atoms with van der Waals surface area (Å²) in [6.07, 6.45) is 7.85. The minimum Gasteiger partial charge on any atom is -0.356 e. The van der Waals surface area contributed by atoms with Crippen molar-refractivity contribution in [2.45, 2.75) is 45.4 Å². The Kier molecular flexibility index (Phi) is 7.62. The van der Waals surface area contributed by atoms with Crippen LogP contribution >= 0.6 is 24.0 Å². The molecule has 2 unspecified atom stereocenters. The highest BCUT2D eigenvalue weighted by atomic mass is 127. The van der Waals surface area contributed by atoms with Gasteiger partial charge in [0.05, 0.1) is 0 Å². The summed E-state index contributed by atoms with van der Waals surface area (Å²) in [6.45, 7) is 6.86. The molecule has 0 bridgehead atoms. The van der Waals surface area contributed by atoms with Crippen LogP contribution in [0.5, 0.6) is 0 Å². The Balaban J connectivity index is 0.00000208. The van der Waals surface area contributed by atoms with E-state index < -0.39 is 0 Å². The number of nitrogens with one attached hydrogen (secondary N) is 1. The van der Waals surface area contributed by atoms with Gasteiger partial charge in [0.15, 0.2) is 5.96 Å². The van der Waals surface area contributed by atoms with E-state index in [2.05, 4.69) is 15.2 Å². The number of halogens is 1. The summed E-state index contributed by atoms with van der Waals surface area (Å²) >= 11 is 0. The van der Waals surface area contributed by atoms with Crippen LogP contribution in [0.4, 0.5) is 0 Å². The SMILES string of the molecule is CN=C(NCC1CCN(C(C)=O)CC1)N1CC2CCCCC2C1.I. The maximum absolute atomic E-state index is 11.4. The third-order valence-electron chi connectivity index (χ3n) is 6.10. The number of rotatable bonds is 2. The number of aliphatic imine (C=N–C) groups is 1. The normalized spacial score (nSPS) is 28.3. The van der Waals surface area contributed by atoms with Gasteiger partial charge in [-0.15, -0.1) is 24.0 Å². The fraction of sp³-hybridized carbons (Fsp3) is 0.889. The summed E-state index contributed by atoms with van der Waals surface area (Å²) in [5.74, 6) is 3.75. The number of fused-ring (bicyclic) bond motifs is 1. The Labute approximate surface area is 163 Å². The number of piperidine rings is 1. The standard InChI is InChI=1S/C18H32N4O.HI/c1-14(23)21-9-7-15(8-10-21)11-20-18(19-2)22-12-16-5-3-4-6-17(16)13-22;/h15-17H,3-13H2,1-2H3,(H,19,20);1H. The van der Waals surface area contributed by atoms with E-state index in [1.54, 1.807) is 6.92 Å². The molecule has 2 heterocycles. The van der Waals surface area contributed by atoms with E-state index in [9.17, 15) is 4.79 Å². The minimum atomic E-state index is 0. The first-order chi connectivity index (χ1) is 11.2. The van der Waals surface area contributed by atoms with Crippen LogP contribution in [0.2, 0.25) is 0 Å². The first-order valence-electron chi connectivity index (χ1n) is 9.38. The molecule has 2 saturated heterocycles. The smallest absolute Gasteiger partial charge is 0.219 e. The zero-order valence-electron chi connectivity index (χ0n) is 15.2. The molecule has 0 aromatic heterocycles. The zero-order chi connectivity index (χ0) is 16.2. The Morgan fingerprint density at radius 1 is 1.04 bits per heavy atom. The molecule has 1 amide bonds. The van der Waals surface area contributed by atoms with Gasteiger partial charge < -0.3 is 15.1 Å². The predicted molar refractivity (Wildman–Crippen MR) is 109 cm³/mol. The number of carbonyl (C=O) groups excluding carboxylic acids is 1. The van der Waals surface area contributed by atoms with Gasteiger partial charge >= 0.3 is 0 Å². The molecule has 6 heteroatoms. The molecule has 2 aliphatic heterocycles. The average Bonchev–Trinajstić information content (AvgIpc) is 2.99. The summed E-state index contributed by atoms with van der Waals surface area (Å²) in [6, 6.07) is 0. The molecule has 3 rings (SSSR count). The van der Waals surface area contributed by atoms with E-state index >= 15 is 0 Å². The molecule has 0 spiro atoms. The molecule has 0 radical (unpaired) electrons. The van der Waals surface area contributed by atoms with Gasteiger partial charge in [-0.1, -0.05) is 12.8 Å². The van der Waals surface area contributed by atoms with Crippen molar-refractivity contribution in [2.75, 3.05) is 39.8 Å². The fourth-order valence-corrected chi connectivity index (χ4v) is 4.60. The zero-order valence-corrected chi connectivity index (χ0v) is 17.5. The quantitative estimate of drug-likeness (QED) is 0.402. The molecule has 3 aliphatic rings. The molecule has 5 nitrogen and oxygen atoms in total. The number of hydrogen-bond acceptors (Lipinski definition) is 2. The Morgan fingerprint density at radius 2 is 1.62 bits per heavy atom. The molecule has 1 N–H and O–H groups in total. The van der Waals surface area contributed by atoms with Crippen LogP contribution in [0.15, 0.2) is 4.99 Å². The average molecular weight is 448 g/mol. The monoisotopic (exact) mass is 448 g/mol. The van der Waals surface area contributed by atoms with Gasteiger partial charge in [0.25, 0.3) is 0 Å². The van der Waals surface area contributed by atoms with Crippen LogP contribution in [0.1, 0.15) is 45.4 Å². The van der Waals surface area contributed by atoms with Crippen molar-refractivity contribution >= 4 is 35.8 Å². The Bertz CT molecular complexity index is 434. The van der Waals surface area contributed by atoms with Crippen LogP contribution in [0.3, 0.4) is 0 Å². The van der Waals surface area contributed by atoms with Crippen LogP contribution in [0, 0.1) is 17.8 Å². The van der Waals surface area contributed by atoms with Crippen molar-refractivity contribution in [3.8, 4) is 0 Å². The van der Waals surface area contributed by atoms with Gasteiger partial charge in [-0.2, -0.15) is 0 Å². The highest BCUT2D eigenvalue weighted by Crippen LogP contribution is 2.35. The largest absolute Gasteiger partial charge is 0.356 e. The van der Waals surface area contributed by atoms with Gasteiger partial charge in [-0.25, -0.2) is 0 Å². The summed E-state index contributed by atoms with van der Waals surface area (Å²) < 4.78 is 0. The molecular weight excluding hydrogens is 415 g/mol. The van der Waals surface area contributed by atoms with Crippen LogP contribution < -0.4 is 5.32 Å². The molecule has 2 atom stereocenters. The predicted octanol–water partition coefficient (Wildman–Crippen LogP) is 2.56. The number of nitrogens with zero attached hydrogens (tertiary/aromatic N) is 3. The molecule has 138 valence electrons.